The number of rotatable bonds is 5. The van der Waals surface area contributed by atoms with E-state index >= 15 is 0 Å². The number of hydrogen-bond donors (Lipinski definition) is 1. The molecule has 0 aliphatic heterocycles. The molecule has 5 heteroatoms. The molecule has 0 atom stereocenters. The van der Waals surface area contributed by atoms with Gasteiger partial charge in [-0.25, -0.2) is 9.97 Å². The van der Waals surface area contributed by atoms with Gasteiger partial charge >= 0.3 is 0 Å². The van der Waals surface area contributed by atoms with Crippen LogP contribution in [-0.2, 0) is 6.54 Å². The second kappa shape index (κ2) is 6.63. The quantitative estimate of drug-likeness (QED) is 0.860. The maximum atomic E-state index is 9.22. The van der Waals surface area contributed by atoms with Crippen molar-refractivity contribution in [3.05, 3.63) is 52.4 Å². The molecule has 2 rings (SSSR count). The van der Waals surface area contributed by atoms with Crippen LogP contribution in [0.4, 0.5) is 5.82 Å². The van der Waals surface area contributed by atoms with Gasteiger partial charge in [0.2, 0.25) is 0 Å². The van der Waals surface area contributed by atoms with Gasteiger partial charge < -0.3 is 10.0 Å². The van der Waals surface area contributed by atoms with Gasteiger partial charge in [0.1, 0.15) is 16.2 Å². The number of aryl methyl sites for hydroxylation is 1. The van der Waals surface area contributed by atoms with Gasteiger partial charge in [-0.2, -0.15) is 0 Å². The third-order valence-corrected chi connectivity index (χ3v) is 3.11. The highest BCUT2D eigenvalue weighted by atomic mass is 79.9. The molecule has 0 fully saturated rings. The molecule has 1 aromatic heterocycles. The summed E-state index contributed by atoms with van der Waals surface area (Å²) in [5.74, 6) is 1.53. The number of nitrogens with zero attached hydrogens (tertiary/aromatic N) is 3. The lowest BCUT2D eigenvalue weighted by Crippen LogP contribution is -2.27. The van der Waals surface area contributed by atoms with Crippen molar-refractivity contribution >= 4 is 21.7 Å². The standard InChI is InChI=1S/C14H16BrN3O/c1-11-16-13(15)9-14(17-11)18(7-8-19)10-12-5-3-2-4-6-12/h2-6,9,19H,7-8,10H2,1H3. The molecule has 0 spiro atoms. The molecule has 1 aromatic carbocycles. The molecule has 2 aromatic rings. The van der Waals surface area contributed by atoms with Crippen LogP contribution < -0.4 is 4.90 Å². The van der Waals surface area contributed by atoms with Crippen molar-refractivity contribution in [2.75, 3.05) is 18.1 Å². The van der Waals surface area contributed by atoms with Gasteiger partial charge in [0.15, 0.2) is 0 Å². The van der Waals surface area contributed by atoms with E-state index < -0.39 is 0 Å². The minimum Gasteiger partial charge on any atom is -0.395 e. The summed E-state index contributed by atoms with van der Waals surface area (Å²) in [5.41, 5.74) is 1.18. The van der Waals surface area contributed by atoms with Gasteiger partial charge in [0.05, 0.1) is 6.61 Å². The van der Waals surface area contributed by atoms with E-state index in [-0.39, 0.29) is 6.61 Å². The first-order valence-corrected chi connectivity index (χ1v) is 6.89. The second-order valence-electron chi connectivity index (χ2n) is 4.23. The first kappa shape index (κ1) is 14.0. The molecule has 1 heterocycles. The summed E-state index contributed by atoms with van der Waals surface area (Å²) in [7, 11) is 0. The smallest absolute Gasteiger partial charge is 0.133 e. The SMILES string of the molecule is Cc1nc(Br)cc(N(CCO)Cc2ccccc2)n1. The largest absolute Gasteiger partial charge is 0.395 e. The molecule has 0 unspecified atom stereocenters. The molecule has 0 amide bonds. The molecule has 0 bridgehead atoms. The van der Waals surface area contributed by atoms with Crippen LogP contribution in [-0.4, -0.2) is 28.2 Å². The van der Waals surface area contributed by atoms with Crippen molar-refractivity contribution in [3.8, 4) is 0 Å². The fraction of sp³-hybridized carbons (Fsp3) is 0.286. The molecule has 1 N–H and O–H groups in total. The van der Waals surface area contributed by atoms with Crippen LogP contribution in [0.5, 0.6) is 0 Å². The lowest BCUT2D eigenvalue weighted by molar-refractivity contribution is 0.301. The topological polar surface area (TPSA) is 49.2 Å². The first-order valence-electron chi connectivity index (χ1n) is 6.10. The Morgan fingerprint density at radius 2 is 1.95 bits per heavy atom. The van der Waals surface area contributed by atoms with E-state index in [0.717, 1.165) is 10.4 Å². The average molecular weight is 322 g/mol. The lowest BCUT2D eigenvalue weighted by atomic mass is 10.2. The van der Waals surface area contributed by atoms with Crippen LogP contribution in [0.25, 0.3) is 0 Å². The molecular weight excluding hydrogens is 306 g/mol. The van der Waals surface area contributed by atoms with Gasteiger partial charge in [0.25, 0.3) is 0 Å². The number of aliphatic hydroxyl groups is 1. The molecule has 19 heavy (non-hydrogen) atoms. The normalized spacial score (nSPS) is 10.5. The third-order valence-electron chi connectivity index (χ3n) is 2.70. The number of anilines is 1. The van der Waals surface area contributed by atoms with Crippen LogP contribution in [0.2, 0.25) is 0 Å². The number of halogens is 1. The highest BCUT2D eigenvalue weighted by molar-refractivity contribution is 9.10. The number of aromatic nitrogens is 2. The highest BCUT2D eigenvalue weighted by Gasteiger charge is 2.10. The Morgan fingerprint density at radius 3 is 2.58 bits per heavy atom. The van der Waals surface area contributed by atoms with E-state index in [1.54, 1.807) is 0 Å². The molecule has 0 aliphatic rings. The number of aliphatic hydroxyl groups excluding tert-OH is 1. The van der Waals surface area contributed by atoms with Gasteiger partial charge in [-0.1, -0.05) is 30.3 Å². The average Bonchev–Trinajstić information content (AvgIpc) is 2.38. The third kappa shape index (κ3) is 4.01. The van der Waals surface area contributed by atoms with E-state index in [4.69, 9.17) is 0 Å². The number of benzene rings is 1. The molecular formula is C14H16BrN3O. The molecule has 0 radical (unpaired) electrons. The van der Waals surface area contributed by atoms with Crippen LogP contribution in [0.3, 0.4) is 0 Å². The summed E-state index contributed by atoms with van der Waals surface area (Å²) in [6.45, 7) is 3.20. The summed E-state index contributed by atoms with van der Waals surface area (Å²) < 4.78 is 0.756. The van der Waals surface area contributed by atoms with Gasteiger partial charge in [-0.15, -0.1) is 0 Å². The van der Waals surface area contributed by atoms with Crippen LogP contribution in [0.15, 0.2) is 41.0 Å². The Bertz CT molecular complexity index is 513. The zero-order chi connectivity index (χ0) is 13.7. The minimum absolute atomic E-state index is 0.0908. The van der Waals surface area contributed by atoms with Crippen molar-refractivity contribution in [1.82, 2.24) is 9.97 Å². The zero-order valence-corrected chi connectivity index (χ0v) is 12.3. The van der Waals surface area contributed by atoms with Crippen LogP contribution >= 0.6 is 15.9 Å². The van der Waals surface area contributed by atoms with Crippen molar-refractivity contribution in [3.63, 3.8) is 0 Å². The molecule has 0 saturated heterocycles. The lowest BCUT2D eigenvalue weighted by Gasteiger charge is -2.23. The molecule has 0 aliphatic carbocycles. The van der Waals surface area contributed by atoms with Crippen molar-refractivity contribution in [1.29, 1.82) is 0 Å². The maximum Gasteiger partial charge on any atom is 0.133 e. The van der Waals surface area contributed by atoms with E-state index in [1.807, 2.05) is 36.1 Å². The second-order valence-corrected chi connectivity index (χ2v) is 5.04. The predicted molar refractivity (Wildman–Crippen MR) is 79.0 cm³/mol. The summed E-state index contributed by atoms with van der Waals surface area (Å²) in [4.78, 5) is 10.7. The Balaban J connectivity index is 2.24. The summed E-state index contributed by atoms with van der Waals surface area (Å²) in [6, 6.07) is 12.0. The van der Waals surface area contributed by atoms with E-state index in [2.05, 4.69) is 38.0 Å². The van der Waals surface area contributed by atoms with E-state index in [0.29, 0.717) is 18.9 Å². The zero-order valence-electron chi connectivity index (χ0n) is 10.8. The Hall–Kier alpha value is -1.46. The first-order chi connectivity index (χ1) is 9.19. The van der Waals surface area contributed by atoms with E-state index in [9.17, 15) is 5.11 Å². The van der Waals surface area contributed by atoms with Gasteiger partial charge in [-0.3, -0.25) is 0 Å². The fourth-order valence-corrected chi connectivity index (χ4v) is 2.34. The van der Waals surface area contributed by atoms with E-state index in [1.165, 1.54) is 5.56 Å². The summed E-state index contributed by atoms with van der Waals surface area (Å²) in [6.07, 6.45) is 0. The summed E-state index contributed by atoms with van der Waals surface area (Å²) in [5, 5.41) is 9.22. The maximum absolute atomic E-state index is 9.22. The molecule has 0 saturated carbocycles. The molecule has 100 valence electrons. The van der Waals surface area contributed by atoms with Crippen molar-refractivity contribution in [2.45, 2.75) is 13.5 Å². The molecule has 4 nitrogen and oxygen atoms in total. The minimum atomic E-state index is 0.0908. The summed E-state index contributed by atoms with van der Waals surface area (Å²) >= 11 is 3.38. The monoisotopic (exact) mass is 321 g/mol. The Morgan fingerprint density at radius 1 is 1.21 bits per heavy atom. The Kier molecular flexibility index (Phi) is 4.87. The number of hydrogen-bond acceptors (Lipinski definition) is 4. The fourth-order valence-electron chi connectivity index (χ4n) is 1.88. The van der Waals surface area contributed by atoms with Crippen LogP contribution in [0, 0.1) is 6.92 Å². The predicted octanol–water partition coefficient (Wildman–Crippen LogP) is 2.55. The Labute approximate surface area is 121 Å². The van der Waals surface area contributed by atoms with Gasteiger partial charge in [-0.05, 0) is 28.4 Å². The van der Waals surface area contributed by atoms with Crippen LogP contribution in [0.1, 0.15) is 11.4 Å². The highest BCUT2D eigenvalue weighted by Crippen LogP contribution is 2.18. The van der Waals surface area contributed by atoms with Crippen molar-refractivity contribution < 1.29 is 5.11 Å². The van der Waals surface area contributed by atoms with Gasteiger partial charge in [0, 0.05) is 19.2 Å². The van der Waals surface area contributed by atoms with Crippen molar-refractivity contribution in [2.24, 2.45) is 0 Å².